The molecule has 4 fully saturated rings. The molecule has 0 aromatic carbocycles. The Morgan fingerprint density at radius 2 is 1.76 bits per heavy atom. The van der Waals surface area contributed by atoms with Crippen molar-refractivity contribution in [2.75, 3.05) is 39.8 Å². The molecule has 0 radical (unpaired) electrons. The van der Waals surface area contributed by atoms with Gasteiger partial charge in [0.25, 0.3) is 0 Å². The van der Waals surface area contributed by atoms with E-state index in [9.17, 15) is 13.2 Å². The minimum Gasteiger partial charge on any atom is -0.313 e. The lowest BCUT2D eigenvalue weighted by Gasteiger charge is -2.58. The van der Waals surface area contributed by atoms with E-state index in [1.165, 1.54) is 63.4 Å². The molecule has 10 heteroatoms. The third-order valence-corrected chi connectivity index (χ3v) is 17.1. The van der Waals surface area contributed by atoms with Crippen LogP contribution in [0.2, 0.25) is 0 Å². The van der Waals surface area contributed by atoms with Crippen LogP contribution in [0.4, 0.5) is 13.2 Å². The van der Waals surface area contributed by atoms with Crippen molar-refractivity contribution in [3.63, 3.8) is 0 Å². The SMILES string of the molecule is CN/N=C(/C1=C(C)CN(CC2CCCC2C2C3C(I)C(CN4CCc5[nH]ncc5C4)C2C(C)[C@@](C)(C2CCC(C)C2)C3C)CC1)C(F)(F)F. The Bertz CT molecular complexity index is 1410. The highest BCUT2D eigenvalue weighted by molar-refractivity contribution is 14.1. The van der Waals surface area contributed by atoms with Crippen molar-refractivity contribution in [3.05, 3.63) is 28.6 Å². The second kappa shape index (κ2) is 14.0. The van der Waals surface area contributed by atoms with Crippen molar-refractivity contribution < 1.29 is 13.2 Å². The van der Waals surface area contributed by atoms with E-state index in [2.05, 4.69) is 80.8 Å². The van der Waals surface area contributed by atoms with Gasteiger partial charge in [0.2, 0.25) is 0 Å². The molecule has 7 rings (SSSR count). The van der Waals surface area contributed by atoms with Crippen LogP contribution in [0.25, 0.3) is 0 Å². The van der Waals surface area contributed by atoms with Crippen LogP contribution >= 0.6 is 22.6 Å². The minimum atomic E-state index is -4.45. The van der Waals surface area contributed by atoms with Gasteiger partial charge in [-0.15, -0.1) is 0 Å². The highest BCUT2D eigenvalue weighted by Crippen LogP contribution is 2.70. The summed E-state index contributed by atoms with van der Waals surface area (Å²) in [7, 11) is 1.45. The van der Waals surface area contributed by atoms with Crippen LogP contribution in [0.3, 0.4) is 0 Å². The second-order valence-corrected chi connectivity index (χ2v) is 19.0. The Morgan fingerprint density at radius 1 is 1.02 bits per heavy atom. The van der Waals surface area contributed by atoms with Gasteiger partial charge in [-0.3, -0.25) is 14.9 Å². The zero-order valence-corrected chi connectivity index (χ0v) is 32.8. The predicted octanol–water partition coefficient (Wildman–Crippen LogP) is 8.35. The average Bonchev–Trinajstić information content (AvgIpc) is 3.85. The van der Waals surface area contributed by atoms with E-state index in [0.717, 1.165) is 61.2 Å². The van der Waals surface area contributed by atoms with Gasteiger partial charge in [0.15, 0.2) is 5.71 Å². The molecule has 1 aromatic rings. The maximum absolute atomic E-state index is 13.9. The van der Waals surface area contributed by atoms with Crippen molar-refractivity contribution in [1.82, 2.24) is 25.4 Å². The molecular formula is C39H60F3IN6. The standard InChI is InChI=1S/C39H60F3IN6/c1-22-10-11-28(16-22)38(5)24(3)33-31(21-49-15-13-32-27(20-49)17-45-46-32)36(43)34(25(38)4)35(33)30-9-7-8-26(30)19-48-14-12-29(23(2)18-48)37(47-44-6)39(40,41)42/h17,22,24-26,28,30-31,33-36,44H,7-16,18-21H2,1-6H3,(H,45,46)/b47-37-/t22?,24?,25?,26?,28?,30?,31?,33?,34?,35?,36?,38-/m1/s1. The van der Waals surface area contributed by atoms with Crippen molar-refractivity contribution in [3.8, 4) is 0 Å². The lowest BCUT2D eigenvalue weighted by atomic mass is 9.47. The third-order valence-electron chi connectivity index (χ3n) is 15.3. The van der Waals surface area contributed by atoms with E-state index in [1.54, 1.807) is 0 Å². The van der Waals surface area contributed by atoms with Crippen molar-refractivity contribution in [1.29, 1.82) is 0 Å². The van der Waals surface area contributed by atoms with E-state index < -0.39 is 11.9 Å². The molecule has 6 aliphatic rings. The molecule has 6 nitrogen and oxygen atoms in total. The molecule has 11 unspecified atom stereocenters. The largest absolute Gasteiger partial charge is 0.435 e. The number of alkyl halides is 4. The summed E-state index contributed by atoms with van der Waals surface area (Å²) in [4.78, 5) is 5.23. The molecule has 2 bridgehead atoms. The third kappa shape index (κ3) is 6.46. The zero-order chi connectivity index (χ0) is 34.8. The van der Waals surface area contributed by atoms with Crippen molar-refractivity contribution in [2.45, 2.75) is 103 Å². The summed E-state index contributed by atoms with van der Waals surface area (Å²) in [6.07, 6.45) is 7.12. The van der Waals surface area contributed by atoms with Gasteiger partial charge in [-0.1, -0.05) is 68.7 Å². The topological polar surface area (TPSA) is 59.6 Å². The number of fused-ring (bicyclic) bond motifs is 3. The first-order valence-corrected chi connectivity index (χ1v) is 20.7. The fourth-order valence-electron chi connectivity index (χ4n) is 12.9. The van der Waals surface area contributed by atoms with Crippen molar-refractivity contribution in [2.24, 2.45) is 69.7 Å². The van der Waals surface area contributed by atoms with Gasteiger partial charge in [-0.25, -0.2) is 0 Å². The summed E-state index contributed by atoms with van der Waals surface area (Å²) in [5.41, 5.74) is 5.93. The highest BCUT2D eigenvalue weighted by Gasteiger charge is 2.66. The van der Waals surface area contributed by atoms with Gasteiger partial charge in [-0.05, 0) is 109 Å². The van der Waals surface area contributed by atoms with Crippen LogP contribution in [0.15, 0.2) is 22.4 Å². The smallest absolute Gasteiger partial charge is 0.313 e. The molecule has 4 saturated carbocycles. The number of aromatic amines is 1. The van der Waals surface area contributed by atoms with Gasteiger partial charge >= 0.3 is 6.18 Å². The molecule has 12 atom stereocenters. The maximum Gasteiger partial charge on any atom is 0.435 e. The molecule has 0 spiro atoms. The Balaban J connectivity index is 1.15. The number of halogens is 4. The Hall–Kier alpha value is -1.14. The van der Waals surface area contributed by atoms with Crippen LogP contribution in [0, 0.1) is 64.6 Å². The van der Waals surface area contributed by atoms with Crippen LogP contribution in [-0.4, -0.2) is 75.6 Å². The van der Waals surface area contributed by atoms with Crippen molar-refractivity contribution >= 4 is 28.3 Å². The predicted molar refractivity (Wildman–Crippen MR) is 199 cm³/mol. The van der Waals surface area contributed by atoms with E-state index in [4.69, 9.17) is 0 Å². The molecule has 1 aromatic heterocycles. The van der Waals surface area contributed by atoms with Crippen LogP contribution in [0.5, 0.6) is 0 Å². The van der Waals surface area contributed by atoms with E-state index in [0.29, 0.717) is 64.0 Å². The molecule has 274 valence electrons. The van der Waals surface area contributed by atoms with Gasteiger partial charge in [0, 0.05) is 67.9 Å². The maximum atomic E-state index is 13.9. The molecule has 2 N–H and O–H groups in total. The summed E-state index contributed by atoms with van der Waals surface area (Å²) in [6, 6.07) is 0. The summed E-state index contributed by atoms with van der Waals surface area (Å²) in [5.74, 6) is 7.28. The lowest BCUT2D eigenvalue weighted by molar-refractivity contribution is -0.100. The number of rotatable bonds is 8. The summed E-state index contributed by atoms with van der Waals surface area (Å²) in [6.45, 7) is 18.0. The normalized spacial score (nSPS) is 42.2. The Morgan fingerprint density at radius 3 is 2.45 bits per heavy atom. The van der Waals surface area contributed by atoms with E-state index in [-0.39, 0.29) is 0 Å². The van der Waals surface area contributed by atoms with Gasteiger partial charge in [-0.2, -0.15) is 23.4 Å². The van der Waals surface area contributed by atoms with Gasteiger partial charge < -0.3 is 5.43 Å². The second-order valence-electron chi connectivity index (χ2n) is 17.5. The summed E-state index contributed by atoms with van der Waals surface area (Å²) in [5, 5.41) is 11.3. The molecule has 2 aliphatic heterocycles. The Kier molecular flexibility index (Phi) is 10.4. The number of aromatic nitrogens is 2. The van der Waals surface area contributed by atoms with Crippen LogP contribution in [-0.2, 0) is 13.0 Å². The number of hydrogen-bond acceptors (Lipinski definition) is 5. The lowest BCUT2D eigenvalue weighted by Crippen LogP contribution is -2.54. The van der Waals surface area contributed by atoms with Gasteiger partial charge in [0.05, 0.1) is 6.20 Å². The quantitative estimate of drug-likeness (QED) is 0.120. The minimum absolute atomic E-state index is 0.374. The number of hydrogen-bond donors (Lipinski definition) is 2. The zero-order valence-electron chi connectivity index (χ0n) is 30.6. The number of hydrazone groups is 1. The first kappa shape index (κ1) is 36.2. The molecule has 0 saturated heterocycles. The molecule has 4 aliphatic carbocycles. The fraction of sp³-hybridized carbons (Fsp3) is 0.846. The number of nitrogens with one attached hydrogen (secondary N) is 2. The summed E-state index contributed by atoms with van der Waals surface area (Å²) < 4.78 is 42.4. The first-order chi connectivity index (χ1) is 23.3. The molecule has 0 amide bonds. The van der Waals surface area contributed by atoms with Crippen LogP contribution < -0.4 is 5.43 Å². The van der Waals surface area contributed by atoms with Crippen LogP contribution in [0.1, 0.15) is 90.8 Å². The van der Waals surface area contributed by atoms with E-state index >= 15 is 0 Å². The fourth-order valence-corrected chi connectivity index (χ4v) is 14.7. The number of nitrogens with zero attached hydrogens (tertiary/aromatic N) is 4. The molecule has 49 heavy (non-hydrogen) atoms. The highest BCUT2D eigenvalue weighted by atomic mass is 127. The van der Waals surface area contributed by atoms with Gasteiger partial charge in [0.1, 0.15) is 0 Å². The Labute approximate surface area is 306 Å². The molecule has 3 heterocycles. The van der Waals surface area contributed by atoms with E-state index in [1.807, 2.05) is 13.1 Å². The number of H-pyrrole nitrogens is 1. The average molecular weight is 797 g/mol. The monoisotopic (exact) mass is 796 g/mol. The summed E-state index contributed by atoms with van der Waals surface area (Å²) >= 11 is 2.93. The first-order valence-electron chi connectivity index (χ1n) is 19.4. The molecular weight excluding hydrogens is 736 g/mol.